The molecule has 6 heteroatoms. The largest absolute Gasteiger partial charge is 0.466 e. The number of aryl methyl sites for hydroxylation is 2. The van der Waals surface area contributed by atoms with Crippen LogP contribution in [-0.4, -0.2) is 27.8 Å². The number of hydrogen-bond acceptors (Lipinski definition) is 5. The molecular weight excluding hydrogens is 234 g/mol. The molecular formula is C12H15N3O3. The molecule has 0 aromatic carbocycles. The van der Waals surface area contributed by atoms with Crippen LogP contribution in [0.5, 0.6) is 0 Å². The fourth-order valence-electron chi connectivity index (χ4n) is 1.53. The van der Waals surface area contributed by atoms with Gasteiger partial charge in [0.1, 0.15) is 11.6 Å². The number of H-pyrrole nitrogens is 1. The summed E-state index contributed by atoms with van der Waals surface area (Å²) in [6.07, 6.45) is 0.769. The monoisotopic (exact) mass is 249 g/mol. The Labute approximate surface area is 104 Å². The fourth-order valence-corrected chi connectivity index (χ4v) is 1.53. The van der Waals surface area contributed by atoms with Crippen LogP contribution in [0.2, 0.25) is 0 Å². The van der Waals surface area contributed by atoms with Crippen molar-refractivity contribution in [3.05, 3.63) is 23.7 Å². The first kappa shape index (κ1) is 12.3. The van der Waals surface area contributed by atoms with Crippen molar-refractivity contribution in [3.8, 4) is 11.6 Å². The number of ether oxygens (including phenoxy) is 1. The molecule has 2 heterocycles. The average molecular weight is 249 g/mol. The van der Waals surface area contributed by atoms with Gasteiger partial charge in [-0.1, -0.05) is 0 Å². The van der Waals surface area contributed by atoms with Crippen LogP contribution in [0.4, 0.5) is 0 Å². The van der Waals surface area contributed by atoms with Gasteiger partial charge >= 0.3 is 5.97 Å². The van der Waals surface area contributed by atoms with Crippen LogP contribution >= 0.6 is 0 Å². The second-order valence-electron chi connectivity index (χ2n) is 3.82. The molecule has 6 nitrogen and oxygen atoms in total. The Balaban J connectivity index is 1.96. The van der Waals surface area contributed by atoms with Crippen LogP contribution in [0.3, 0.4) is 0 Å². The zero-order chi connectivity index (χ0) is 13.0. The molecule has 0 atom stereocenters. The van der Waals surface area contributed by atoms with E-state index >= 15 is 0 Å². The second kappa shape index (κ2) is 5.48. The lowest BCUT2D eigenvalue weighted by molar-refractivity contribution is -0.143. The lowest BCUT2D eigenvalue weighted by Gasteiger charge is -1.98. The van der Waals surface area contributed by atoms with E-state index in [0.29, 0.717) is 36.9 Å². The summed E-state index contributed by atoms with van der Waals surface area (Å²) in [4.78, 5) is 15.5. The minimum absolute atomic E-state index is 0.232. The van der Waals surface area contributed by atoms with Crippen molar-refractivity contribution in [2.45, 2.75) is 26.7 Å². The first-order valence-electron chi connectivity index (χ1n) is 5.82. The van der Waals surface area contributed by atoms with Gasteiger partial charge in [-0.3, -0.25) is 9.89 Å². The van der Waals surface area contributed by atoms with Crippen molar-refractivity contribution in [2.75, 3.05) is 6.61 Å². The van der Waals surface area contributed by atoms with E-state index in [0.717, 1.165) is 5.76 Å². The van der Waals surface area contributed by atoms with Crippen molar-refractivity contribution < 1.29 is 13.9 Å². The number of hydrogen-bond donors (Lipinski definition) is 1. The van der Waals surface area contributed by atoms with E-state index in [2.05, 4.69) is 15.2 Å². The molecule has 0 fully saturated rings. The molecule has 0 unspecified atom stereocenters. The van der Waals surface area contributed by atoms with Crippen molar-refractivity contribution in [2.24, 2.45) is 0 Å². The van der Waals surface area contributed by atoms with Gasteiger partial charge in [0, 0.05) is 6.42 Å². The average Bonchev–Trinajstić information content (AvgIpc) is 2.95. The summed E-state index contributed by atoms with van der Waals surface area (Å²) in [5, 5.41) is 6.82. The summed E-state index contributed by atoms with van der Waals surface area (Å²) >= 11 is 0. The summed E-state index contributed by atoms with van der Waals surface area (Å²) in [6.45, 7) is 4.04. The SMILES string of the molecule is CCOC(=O)CCc1nc(-c2ccc(C)o2)n[nH]1. The zero-order valence-electron chi connectivity index (χ0n) is 10.4. The number of carbonyl (C=O) groups is 1. The predicted molar refractivity (Wildman–Crippen MR) is 63.8 cm³/mol. The molecule has 1 N–H and O–H groups in total. The number of nitrogens with zero attached hydrogens (tertiary/aromatic N) is 2. The molecule has 0 saturated heterocycles. The smallest absolute Gasteiger partial charge is 0.306 e. The first-order chi connectivity index (χ1) is 8.69. The number of nitrogens with one attached hydrogen (secondary N) is 1. The van der Waals surface area contributed by atoms with Crippen molar-refractivity contribution in [1.29, 1.82) is 0 Å². The molecule has 0 aliphatic rings. The van der Waals surface area contributed by atoms with Crippen molar-refractivity contribution >= 4 is 5.97 Å². The third-order valence-corrected chi connectivity index (χ3v) is 2.36. The maximum Gasteiger partial charge on any atom is 0.306 e. The molecule has 18 heavy (non-hydrogen) atoms. The number of carbonyl (C=O) groups excluding carboxylic acids is 1. The van der Waals surface area contributed by atoms with Crippen LogP contribution in [0.1, 0.15) is 24.9 Å². The van der Waals surface area contributed by atoms with E-state index in [1.807, 2.05) is 19.1 Å². The lowest BCUT2D eigenvalue weighted by atomic mass is 10.3. The number of aromatic nitrogens is 3. The van der Waals surface area contributed by atoms with E-state index in [9.17, 15) is 4.79 Å². The summed E-state index contributed by atoms with van der Waals surface area (Å²) < 4.78 is 10.2. The standard InChI is InChI=1S/C12H15N3O3/c1-3-17-11(16)7-6-10-13-12(15-14-10)9-5-4-8(2)18-9/h4-5H,3,6-7H2,1-2H3,(H,13,14,15). The Kier molecular flexibility index (Phi) is 3.76. The Bertz CT molecular complexity index is 530. The van der Waals surface area contributed by atoms with E-state index < -0.39 is 0 Å². The Morgan fingerprint density at radius 3 is 3.00 bits per heavy atom. The number of aromatic amines is 1. The van der Waals surface area contributed by atoms with Gasteiger partial charge in [0.05, 0.1) is 13.0 Å². The van der Waals surface area contributed by atoms with Gasteiger partial charge in [0.2, 0.25) is 5.82 Å². The number of esters is 1. The molecule has 2 rings (SSSR count). The molecule has 0 saturated carbocycles. The van der Waals surface area contributed by atoms with E-state index in [1.165, 1.54) is 0 Å². The van der Waals surface area contributed by atoms with E-state index in [1.54, 1.807) is 6.92 Å². The Morgan fingerprint density at radius 2 is 2.33 bits per heavy atom. The molecule has 0 amide bonds. The van der Waals surface area contributed by atoms with Gasteiger partial charge < -0.3 is 9.15 Å². The van der Waals surface area contributed by atoms with Gasteiger partial charge in [0.15, 0.2) is 5.76 Å². The predicted octanol–water partition coefficient (Wildman–Crippen LogP) is 1.87. The molecule has 0 spiro atoms. The quantitative estimate of drug-likeness (QED) is 0.818. The van der Waals surface area contributed by atoms with Gasteiger partial charge in [-0.15, -0.1) is 0 Å². The van der Waals surface area contributed by atoms with Crippen LogP contribution in [-0.2, 0) is 16.0 Å². The normalized spacial score (nSPS) is 10.6. The fraction of sp³-hybridized carbons (Fsp3) is 0.417. The highest BCUT2D eigenvalue weighted by Gasteiger charge is 2.10. The Hall–Kier alpha value is -2.11. The molecule has 96 valence electrons. The highest BCUT2D eigenvalue weighted by Crippen LogP contribution is 2.17. The molecule has 2 aromatic rings. The van der Waals surface area contributed by atoms with Crippen LogP contribution in [0.25, 0.3) is 11.6 Å². The molecule has 0 aliphatic carbocycles. The minimum Gasteiger partial charge on any atom is -0.466 e. The van der Waals surface area contributed by atoms with Gasteiger partial charge in [-0.2, -0.15) is 5.10 Å². The molecule has 0 radical (unpaired) electrons. The van der Waals surface area contributed by atoms with E-state index in [4.69, 9.17) is 9.15 Å². The summed E-state index contributed by atoms with van der Waals surface area (Å²) in [7, 11) is 0. The van der Waals surface area contributed by atoms with Crippen LogP contribution in [0, 0.1) is 6.92 Å². The molecule has 0 bridgehead atoms. The number of rotatable bonds is 5. The van der Waals surface area contributed by atoms with Crippen molar-refractivity contribution in [1.82, 2.24) is 15.2 Å². The number of furan rings is 1. The van der Waals surface area contributed by atoms with Gasteiger partial charge in [-0.25, -0.2) is 4.98 Å². The maximum absolute atomic E-state index is 11.2. The van der Waals surface area contributed by atoms with Crippen LogP contribution in [0.15, 0.2) is 16.5 Å². The zero-order valence-corrected chi connectivity index (χ0v) is 10.4. The molecule has 2 aromatic heterocycles. The van der Waals surface area contributed by atoms with Gasteiger partial charge in [0.25, 0.3) is 0 Å². The lowest BCUT2D eigenvalue weighted by Crippen LogP contribution is -2.05. The molecule has 0 aliphatic heterocycles. The maximum atomic E-state index is 11.2. The topological polar surface area (TPSA) is 81.0 Å². The van der Waals surface area contributed by atoms with E-state index in [-0.39, 0.29) is 5.97 Å². The summed E-state index contributed by atoms with van der Waals surface area (Å²) in [5.41, 5.74) is 0. The first-order valence-corrected chi connectivity index (χ1v) is 5.82. The van der Waals surface area contributed by atoms with Crippen LogP contribution < -0.4 is 0 Å². The summed E-state index contributed by atoms with van der Waals surface area (Å²) in [6, 6.07) is 3.66. The Morgan fingerprint density at radius 1 is 1.50 bits per heavy atom. The van der Waals surface area contributed by atoms with Crippen molar-refractivity contribution in [3.63, 3.8) is 0 Å². The highest BCUT2D eigenvalue weighted by atomic mass is 16.5. The third kappa shape index (κ3) is 2.97. The minimum atomic E-state index is -0.232. The highest BCUT2D eigenvalue weighted by molar-refractivity contribution is 5.69. The summed E-state index contributed by atoms with van der Waals surface area (Å²) in [5.74, 6) is 2.34. The third-order valence-electron chi connectivity index (χ3n) is 2.36. The van der Waals surface area contributed by atoms with Gasteiger partial charge in [-0.05, 0) is 26.0 Å². The second-order valence-corrected chi connectivity index (χ2v) is 3.82.